The Bertz CT molecular complexity index is 690. The number of furan rings is 1. The fraction of sp³-hybridized carbons (Fsp3) is 0.455. The third kappa shape index (κ3) is 3.17. The topological polar surface area (TPSA) is 97.1 Å². The van der Waals surface area contributed by atoms with Gasteiger partial charge in [0.25, 0.3) is 10.0 Å². The first-order chi connectivity index (χ1) is 9.46. The molecule has 0 aliphatic heterocycles. The molecule has 0 aliphatic rings. The number of aromatic nitrogens is 2. The predicted octanol–water partition coefficient (Wildman–Crippen LogP) is 1.52. The Morgan fingerprint density at radius 3 is 2.75 bits per heavy atom. The van der Waals surface area contributed by atoms with E-state index in [9.17, 15) is 8.42 Å². The molecule has 2 N–H and O–H groups in total. The van der Waals surface area contributed by atoms with E-state index < -0.39 is 10.0 Å². The fourth-order valence-electron chi connectivity index (χ4n) is 1.66. The maximum absolute atomic E-state index is 12.3. The summed E-state index contributed by atoms with van der Waals surface area (Å²) in [6, 6.07) is 1.51. The molecule has 2 aromatic heterocycles. The number of nitrogens with zero attached hydrogens (tertiary/aromatic N) is 2. The van der Waals surface area contributed by atoms with Crippen molar-refractivity contribution in [3.8, 4) is 0 Å². The van der Waals surface area contributed by atoms with Gasteiger partial charge in [-0.25, -0.2) is 8.42 Å². The van der Waals surface area contributed by atoms with Gasteiger partial charge in [0.2, 0.25) is 5.13 Å². The number of aryl methyl sites for hydroxylation is 2. The zero-order valence-electron chi connectivity index (χ0n) is 11.4. The van der Waals surface area contributed by atoms with Crippen molar-refractivity contribution in [2.24, 2.45) is 0 Å². The van der Waals surface area contributed by atoms with E-state index >= 15 is 0 Å². The van der Waals surface area contributed by atoms with Crippen molar-refractivity contribution in [1.82, 2.24) is 15.5 Å². The van der Waals surface area contributed by atoms with E-state index in [0.29, 0.717) is 18.1 Å². The predicted molar refractivity (Wildman–Crippen MR) is 76.3 cm³/mol. The van der Waals surface area contributed by atoms with Crippen molar-refractivity contribution in [3.05, 3.63) is 22.6 Å². The van der Waals surface area contributed by atoms with Crippen LogP contribution in [0.2, 0.25) is 0 Å². The van der Waals surface area contributed by atoms with Crippen LogP contribution in [0.15, 0.2) is 15.4 Å². The lowest BCUT2D eigenvalue weighted by atomic mass is 10.4. The third-order valence-corrected chi connectivity index (χ3v) is 5.11. The van der Waals surface area contributed by atoms with E-state index in [1.165, 1.54) is 17.4 Å². The lowest BCUT2D eigenvalue weighted by molar-refractivity contribution is 0.466. The highest BCUT2D eigenvalue weighted by atomic mass is 32.2. The van der Waals surface area contributed by atoms with Crippen molar-refractivity contribution in [1.29, 1.82) is 0 Å². The molecule has 0 aliphatic carbocycles. The van der Waals surface area contributed by atoms with Gasteiger partial charge in [-0.2, -0.15) is 0 Å². The Balaban J connectivity index is 2.25. The van der Waals surface area contributed by atoms with E-state index in [-0.39, 0.29) is 10.0 Å². The number of anilines is 1. The molecule has 0 unspecified atom stereocenters. The Kier molecular flexibility index (Phi) is 4.41. The molecular weight excluding hydrogens is 300 g/mol. The van der Waals surface area contributed by atoms with E-state index in [1.807, 2.05) is 6.92 Å². The van der Waals surface area contributed by atoms with Gasteiger partial charge in [0.1, 0.15) is 21.4 Å². The quantitative estimate of drug-likeness (QED) is 0.838. The van der Waals surface area contributed by atoms with Gasteiger partial charge in [-0.3, -0.25) is 4.72 Å². The SMILES string of the molecule is CCc1nnc(NS(=O)(=O)c2cc(CNC)oc2C)s1. The molecule has 2 heterocycles. The second-order valence-corrected chi connectivity index (χ2v) is 6.84. The molecule has 0 bridgehead atoms. The first-order valence-corrected chi connectivity index (χ1v) is 8.35. The van der Waals surface area contributed by atoms with Crippen LogP contribution in [0.1, 0.15) is 23.5 Å². The highest BCUT2D eigenvalue weighted by Crippen LogP contribution is 2.24. The lowest BCUT2D eigenvalue weighted by Gasteiger charge is -2.02. The number of sulfonamides is 1. The van der Waals surface area contributed by atoms with Crippen LogP contribution in [0.4, 0.5) is 5.13 Å². The van der Waals surface area contributed by atoms with Gasteiger partial charge in [-0.1, -0.05) is 18.3 Å². The molecule has 0 saturated heterocycles. The maximum atomic E-state index is 12.3. The maximum Gasteiger partial charge on any atom is 0.267 e. The second kappa shape index (κ2) is 5.90. The van der Waals surface area contributed by atoms with E-state index in [1.54, 1.807) is 14.0 Å². The van der Waals surface area contributed by atoms with Gasteiger partial charge in [0.15, 0.2) is 0 Å². The molecule has 0 radical (unpaired) electrons. The molecule has 0 fully saturated rings. The van der Waals surface area contributed by atoms with Crippen LogP contribution in [0.25, 0.3) is 0 Å². The number of nitrogens with one attached hydrogen (secondary N) is 2. The molecule has 0 saturated carbocycles. The Hall–Kier alpha value is -1.45. The zero-order valence-corrected chi connectivity index (χ0v) is 13.1. The summed E-state index contributed by atoms with van der Waals surface area (Å²) in [7, 11) is -1.94. The zero-order chi connectivity index (χ0) is 14.8. The van der Waals surface area contributed by atoms with Crippen LogP contribution in [0, 0.1) is 6.92 Å². The van der Waals surface area contributed by atoms with E-state index in [0.717, 1.165) is 11.4 Å². The van der Waals surface area contributed by atoms with Gasteiger partial charge in [0, 0.05) is 6.07 Å². The lowest BCUT2D eigenvalue weighted by Crippen LogP contribution is -2.13. The van der Waals surface area contributed by atoms with Crippen LogP contribution in [-0.4, -0.2) is 25.7 Å². The molecule has 20 heavy (non-hydrogen) atoms. The minimum atomic E-state index is -3.70. The average molecular weight is 316 g/mol. The first kappa shape index (κ1) is 14.9. The van der Waals surface area contributed by atoms with Crippen molar-refractivity contribution < 1.29 is 12.8 Å². The van der Waals surface area contributed by atoms with Crippen LogP contribution in [0.5, 0.6) is 0 Å². The van der Waals surface area contributed by atoms with E-state index in [4.69, 9.17) is 4.42 Å². The van der Waals surface area contributed by atoms with Gasteiger partial charge in [-0.05, 0) is 20.4 Å². The summed E-state index contributed by atoms with van der Waals surface area (Å²) in [5, 5.41) is 11.6. The summed E-state index contributed by atoms with van der Waals surface area (Å²) in [6.45, 7) is 4.02. The summed E-state index contributed by atoms with van der Waals surface area (Å²) < 4.78 is 32.4. The largest absolute Gasteiger partial charge is 0.464 e. The minimum absolute atomic E-state index is 0.121. The van der Waals surface area contributed by atoms with Crippen molar-refractivity contribution in [2.75, 3.05) is 11.8 Å². The van der Waals surface area contributed by atoms with Crippen LogP contribution >= 0.6 is 11.3 Å². The number of rotatable bonds is 6. The molecular formula is C11H16N4O3S2. The average Bonchev–Trinajstić information content (AvgIpc) is 2.96. The Morgan fingerprint density at radius 1 is 1.40 bits per heavy atom. The van der Waals surface area contributed by atoms with Crippen LogP contribution < -0.4 is 10.0 Å². The highest BCUT2D eigenvalue weighted by molar-refractivity contribution is 7.93. The van der Waals surface area contributed by atoms with Gasteiger partial charge in [-0.15, -0.1) is 10.2 Å². The fourth-order valence-corrected chi connectivity index (χ4v) is 3.77. The standard InChI is InChI=1S/C11H16N4O3S2/c1-4-10-13-14-11(19-10)15-20(16,17)9-5-8(6-12-3)18-7(9)2/h5,12H,4,6H2,1-3H3,(H,14,15). The molecule has 0 spiro atoms. The summed E-state index contributed by atoms with van der Waals surface area (Å²) in [4.78, 5) is 0.121. The molecule has 9 heteroatoms. The van der Waals surface area contributed by atoms with Crippen LogP contribution in [0.3, 0.4) is 0 Å². The number of hydrogen-bond acceptors (Lipinski definition) is 7. The second-order valence-electron chi connectivity index (χ2n) is 4.12. The Morgan fingerprint density at radius 2 is 2.15 bits per heavy atom. The molecule has 0 aromatic carbocycles. The number of hydrogen-bond donors (Lipinski definition) is 2. The van der Waals surface area contributed by atoms with Crippen LogP contribution in [-0.2, 0) is 23.0 Å². The molecule has 2 rings (SSSR count). The van der Waals surface area contributed by atoms with Crippen molar-refractivity contribution in [2.45, 2.75) is 31.7 Å². The molecule has 0 atom stereocenters. The normalized spacial score (nSPS) is 11.8. The molecule has 0 amide bonds. The van der Waals surface area contributed by atoms with Gasteiger partial charge >= 0.3 is 0 Å². The summed E-state index contributed by atoms with van der Waals surface area (Å²) in [6.07, 6.45) is 0.719. The Labute approximate surface area is 121 Å². The smallest absolute Gasteiger partial charge is 0.267 e. The van der Waals surface area contributed by atoms with Crippen molar-refractivity contribution in [3.63, 3.8) is 0 Å². The summed E-state index contributed by atoms with van der Waals surface area (Å²) >= 11 is 1.22. The first-order valence-electron chi connectivity index (χ1n) is 6.05. The highest BCUT2D eigenvalue weighted by Gasteiger charge is 2.22. The molecule has 110 valence electrons. The van der Waals surface area contributed by atoms with Crippen molar-refractivity contribution >= 4 is 26.5 Å². The minimum Gasteiger partial charge on any atom is -0.464 e. The third-order valence-electron chi connectivity index (χ3n) is 2.55. The summed E-state index contributed by atoms with van der Waals surface area (Å²) in [5.41, 5.74) is 0. The monoisotopic (exact) mass is 316 g/mol. The molecule has 2 aromatic rings. The van der Waals surface area contributed by atoms with Gasteiger partial charge < -0.3 is 9.73 Å². The van der Waals surface area contributed by atoms with Gasteiger partial charge in [0.05, 0.1) is 6.54 Å². The molecule has 7 nitrogen and oxygen atoms in total. The van der Waals surface area contributed by atoms with E-state index in [2.05, 4.69) is 20.2 Å². The summed E-state index contributed by atoms with van der Waals surface area (Å²) in [5.74, 6) is 0.917.